The molecule has 0 amide bonds. The summed E-state index contributed by atoms with van der Waals surface area (Å²) in [5.41, 5.74) is 1.36. The van der Waals surface area contributed by atoms with Gasteiger partial charge in [0.1, 0.15) is 0 Å². The Morgan fingerprint density at radius 2 is 2.11 bits per heavy atom. The summed E-state index contributed by atoms with van der Waals surface area (Å²) in [6.45, 7) is 7.02. The lowest BCUT2D eigenvalue weighted by atomic mass is 9.65. The zero-order chi connectivity index (χ0) is 13.3. The molecule has 0 bridgehead atoms. The molecule has 1 fully saturated rings. The van der Waals surface area contributed by atoms with Crippen LogP contribution in [0.1, 0.15) is 45.7 Å². The highest BCUT2D eigenvalue weighted by molar-refractivity contribution is 5.14. The van der Waals surface area contributed by atoms with Crippen molar-refractivity contribution in [3.05, 3.63) is 11.9 Å². The first-order valence-electron chi connectivity index (χ1n) is 6.99. The zero-order valence-corrected chi connectivity index (χ0v) is 12.3. The lowest BCUT2D eigenvalue weighted by Gasteiger charge is -2.44. The van der Waals surface area contributed by atoms with Gasteiger partial charge in [-0.1, -0.05) is 32.4 Å². The smallest absolute Gasteiger partial charge is 0.0730 e. The van der Waals surface area contributed by atoms with Gasteiger partial charge in [-0.2, -0.15) is 0 Å². The van der Waals surface area contributed by atoms with Crippen molar-refractivity contribution in [1.29, 1.82) is 0 Å². The first-order chi connectivity index (χ1) is 8.46. The van der Waals surface area contributed by atoms with Crippen LogP contribution in [0.3, 0.4) is 0 Å². The van der Waals surface area contributed by atoms with E-state index in [0.717, 1.165) is 5.92 Å². The molecule has 3 atom stereocenters. The van der Waals surface area contributed by atoms with E-state index in [1.807, 2.05) is 17.9 Å². The maximum atomic E-state index is 4.09. The van der Waals surface area contributed by atoms with E-state index < -0.39 is 0 Å². The van der Waals surface area contributed by atoms with Gasteiger partial charge in [0.2, 0.25) is 0 Å². The van der Waals surface area contributed by atoms with Gasteiger partial charge in [0.15, 0.2) is 0 Å². The highest BCUT2D eigenvalue weighted by Crippen LogP contribution is 2.41. The molecule has 1 heterocycles. The summed E-state index contributed by atoms with van der Waals surface area (Å²) in [7, 11) is 4.08. The van der Waals surface area contributed by atoms with E-state index in [9.17, 15) is 0 Å². The van der Waals surface area contributed by atoms with Crippen molar-refractivity contribution >= 4 is 0 Å². The van der Waals surface area contributed by atoms with Gasteiger partial charge in [-0.25, -0.2) is 0 Å². The van der Waals surface area contributed by atoms with Crippen LogP contribution in [-0.2, 0) is 12.5 Å². The van der Waals surface area contributed by atoms with Crippen molar-refractivity contribution in [2.45, 2.75) is 51.5 Å². The second-order valence-electron chi connectivity index (χ2n) is 6.38. The van der Waals surface area contributed by atoms with E-state index in [1.165, 1.54) is 25.0 Å². The van der Waals surface area contributed by atoms with Gasteiger partial charge in [0, 0.05) is 18.5 Å². The SMILES string of the molecule is CNC1CC(C)CCC1C(C)(C)c1cnnn1C. The predicted molar refractivity (Wildman–Crippen MR) is 73.4 cm³/mol. The normalized spacial score (nSPS) is 29.5. The second-order valence-corrected chi connectivity index (χ2v) is 6.38. The Bertz CT molecular complexity index is 396. The monoisotopic (exact) mass is 250 g/mol. The third kappa shape index (κ3) is 2.30. The Morgan fingerprint density at radius 1 is 1.39 bits per heavy atom. The van der Waals surface area contributed by atoms with Crippen molar-refractivity contribution < 1.29 is 0 Å². The molecule has 102 valence electrons. The second kappa shape index (κ2) is 5.00. The summed E-state index contributed by atoms with van der Waals surface area (Å²) in [5, 5.41) is 11.7. The van der Waals surface area contributed by atoms with Crippen LogP contribution >= 0.6 is 0 Å². The zero-order valence-electron chi connectivity index (χ0n) is 12.3. The summed E-state index contributed by atoms with van der Waals surface area (Å²) in [5.74, 6) is 1.48. The van der Waals surface area contributed by atoms with Crippen LogP contribution in [0, 0.1) is 11.8 Å². The Morgan fingerprint density at radius 3 is 2.67 bits per heavy atom. The molecule has 1 aromatic heterocycles. The molecular weight excluding hydrogens is 224 g/mol. The lowest BCUT2D eigenvalue weighted by Crippen LogP contribution is -2.47. The van der Waals surface area contributed by atoms with Crippen LogP contribution in [0.2, 0.25) is 0 Å². The van der Waals surface area contributed by atoms with Gasteiger partial charge in [0.25, 0.3) is 0 Å². The average molecular weight is 250 g/mol. The molecule has 2 rings (SSSR count). The summed E-state index contributed by atoms with van der Waals surface area (Å²) in [6.07, 6.45) is 5.81. The van der Waals surface area contributed by atoms with E-state index >= 15 is 0 Å². The topological polar surface area (TPSA) is 42.7 Å². The fourth-order valence-electron chi connectivity index (χ4n) is 3.63. The molecule has 4 heteroatoms. The van der Waals surface area contributed by atoms with E-state index in [-0.39, 0.29) is 5.41 Å². The van der Waals surface area contributed by atoms with Crippen LogP contribution in [0.5, 0.6) is 0 Å². The molecule has 1 aliphatic carbocycles. The summed E-state index contributed by atoms with van der Waals surface area (Å²) in [6, 6.07) is 0.596. The highest BCUT2D eigenvalue weighted by Gasteiger charge is 2.40. The molecule has 0 spiro atoms. The highest BCUT2D eigenvalue weighted by atomic mass is 15.4. The lowest BCUT2D eigenvalue weighted by molar-refractivity contribution is 0.146. The molecule has 1 saturated carbocycles. The third-order valence-electron chi connectivity index (χ3n) is 4.78. The predicted octanol–water partition coefficient (Wildman–Crippen LogP) is 2.12. The Kier molecular flexibility index (Phi) is 3.76. The Balaban J connectivity index is 2.26. The average Bonchev–Trinajstić information content (AvgIpc) is 2.75. The van der Waals surface area contributed by atoms with Crippen molar-refractivity contribution in [3.8, 4) is 0 Å². The van der Waals surface area contributed by atoms with Crippen molar-refractivity contribution in [2.24, 2.45) is 18.9 Å². The first-order valence-corrected chi connectivity index (χ1v) is 6.99. The van der Waals surface area contributed by atoms with Crippen LogP contribution in [-0.4, -0.2) is 28.1 Å². The van der Waals surface area contributed by atoms with Crippen molar-refractivity contribution in [2.75, 3.05) is 7.05 Å². The fourth-order valence-corrected chi connectivity index (χ4v) is 3.63. The molecule has 0 aromatic carbocycles. The van der Waals surface area contributed by atoms with Gasteiger partial charge in [-0.15, -0.1) is 5.10 Å². The number of hydrogen-bond donors (Lipinski definition) is 1. The number of rotatable bonds is 3. The van der Waals surface area contributed by atoms with Crippen LogP contribution < -0.4 is 5.32 Å². The third-order valence-corrected chi connectivity index (χ3v) is 4.78. The van der Waals surface area contributed by atoms with Gasteiger partial charge in [-0.05, 0) is 31.7 Å². The van der Waals surface area contributed by atoms with Gasteiger partial charge in [0.05, 0.1) is 11.9 Å². The van der Waals surface area contributed by atoms with Crippen LogP contribution in [0.15, 0.2) is 6.20 Å². The number of aryl methyl sites for hydroxylation is 1. The molecule has 1 N–H and O–H groups in total. The molecule has 1 aromatic rings. The van der Waals surface area contributed by atoms with E-state index in [2.05, 4.69) is 43.4 Å². The van der Waals surface area contributed by atoms with Gasteiger partial charge < -0.3 is 5.32 Å². The quantitative estimate of drug-likeness (QED) is 0.893. The summed E-state index contributed by atoms with van der Waals surface area (Å²) < 4.78 is 1.92. The van der Waals surface area contributed by atoms with E-state index in [1.54, 1.807) is 0 Å². The van der Waals surface area contributed by atoms with Gasteiger partial charge in [-0.3, -0.25) is 4.68 Å². The number of nitrogens with zero attached hydrogens (tertiary/aromatic N) is 3. The number of hydrogen-bond acceptors (Lipinski definition) is 3. The molecule has 0 aliphatic heterocycles. The molecule has 18 heavy (non-hydrogen) atoms. The Labute approximate surface area is 110 Å². The molecule has 0 saturated heterocycles. The number of nitrogens with one attached hydrogen (secondary N) is 1. The molecule has 0 radical (unpaired) electrons. The van der Waals surface area contributed by atoms with E-state index in [4.69, 9.17) is 0 Å². The minimum atomic E-state index is 0.117. The first kappa shape index (κ1) is 13.5. The maximum Gasteiger partial charge on any atom is 0.0730 e. The van der Waals surface area contributed by atoms with Crippen molar-refractivity contribution in [1.82, 2.24) is 20.3 Å². The largest absolute Gasteiger partial charge is 0.317 e. The van der Waals surface area contributed by atoms with Crippen LogP contribution in [0.4, 0.5) is 0 Å². The Hall–Kier alpha value is -0.900. The maximum absolute atomic E-state index is 4.09. The van der Waals surface area contributed by atoms with Crippen LogP contribution in [0.25, 0.3) is 0 Å². The minimum Gasteiger partial charge on any atom is -0.317 e. The molecule has 4 nitrogen and oxygen atoms in total. The standard InChI is InChI=1S/C14H26N4/c1-10-6-7-11(12(8-10)15-4)14(2,3)13-9-16-17-18(13)5/h9-12,15H,6-8H2,1-5H3. The van der Waals surface area contributed by atoms with Crippen molar-refractivity contribution in [3.63, 3.8) is 0 Å². The van der Waals surface area contributed by atoms with Gasteiger partial charge >= 0.3 is 0 Å². The molecular formula is C14H26N4. The molecule has 1 aliphatic rings. The molecule has 3 unspecified atom stereocenters. The number of aromatic nitrogens is 3. The fraction of sp³-hybridized carbons (Fsp3) is 0.857. The van der Waals surface area contributed by atoms with E-state index in [0.29, 0.717) is 12.0 Å². The minimum absolute atomic E-state index is 0.117. The summed E-state index contributed by atoms with van der Waals surface area (Å²) >= 11 is 0. The summed E-state index contributed by atoms with van der Waals surface area (Å²) in [4.78, 5) is 0.